The first-order valence-electron chi connectivity index (χ1n) is 5.29. The van der Waals surface area contributed by atoms with Crippen LogP contribution in [0, 0.1) is 5.92 Å². The summed E-state index contributed by atoms with van der Waals surface area (Å²) in [6, 6.07) is 5.80. The molecule has 0 radical (unpaired) electrons. The van der Waals surface area contributed by atoms with Gasteiger partial charge in [-0.2, -0.15) is 0 Å². The van der Waals surface area contributed by atoms with Crippen LogP contribution < -0.4 is 0 Å². The molecule has 0 aliphatic heterocycles. The first-order chi connectivity index (χ1) is 7.15. The minimum Gasteiger partial charge on any atom is -0.0851 e. The van der Waals surface area contributed by atoms with E-state index in [0.29, 0.717) is 11.8 Å². The molecule has 80 valence electrons. The van der Waals surface area contributed by atoms with Crippen molar-refractivity contribution in [2.45, 2.75) is 25.7 Å². The van der Waals surface area contributed by atoms with Gasteiger partial charge in [0.2, 0.25) is 0 Å². The normalized spacial score (nSPS) is 25.5. The summed E-state index contributed by atoms with van der Waals surface area (Å²) in [5.74, 6) is 1.19. The Bertz CT molecular complexity index is 362. The molecule has 1 aliphatic carbocycles. The number of allylic oxidation sites excluding steroid dienone is 2. The highest BCUT2D eigenvalue weighted by molar-refractivity contribution is 6.34. The van der Waals surface area contributed by atoms with Crippen LogP contribution in [0.15, 0.2) is 30.4 Å². The molecule has 0 amide bonds. The Balaban J connectivity index is 2.26. The molecule has 0 saturated carbocycles. The highest BCUT2D eigenvalue weighted by Gasteiger charge is 2.15. The smallest absolute Gasteiger partial charge is 0.0423 e. The highest BCUT2D eigenvalue weighted by Crippen LogP contribution is 2.32. The van der Waals surface area contributed by atoms with Gasteiger partial charge in [0, 0.05) is 16.0 Å². The molecule has 0 bridgehead atoms. The molecule has 0 nitrogen and oxygen atoms in total. The van der Waals surface area contributed by atoms with Crippen LogP contribution in [0.1, 0.15) is 31.2 Å². The standard InChI is InChI=1S/C13H14Cl2/c1-9-2-4-10(5-3-9)11-6-12(14)8-13(15)7-11/h2,4,6-10H,3,5H2,1H3. The second kappa shape index (κ2) is 4.59. The van der Waals surface area contributed by atoms with Crippen molar-refractivity contribution >= 4 is 23.2 Å². The van der Waals surface area contributed by atoms with Gasteiger partial charge >= 0.3 is 0 Å². The molecule has 1 aromatic carbocycles. The van der Waals surface area contributed by atoms with Crippen LogP contribution in [-0.2, 0) is 0 Å². The van der Waals surface area contributed by atoms with Crippen molar-refractivity contribution < 1.29 is 0 Å². The summed E-state index contributed by atoms with van der Waals surface area (Å²) < 4.78 is 0. The number of rotatable bonds is 1. The molecular weight excluding hydrogens is 227 g/mol. The first kappa shape index (κ1) is 11.0. The van der Waals surface area contributed by atoms with E-state index >= 15 is 0 Å². The summed E-state index contributed by atoms with van der Waals surface area (Å²) >= 11 is 12.0. The van der Waals surface area contributed by atoms with Crippen molar-refractivity contribution in [2.75, 3.05) is 0 Å². The van der Waals surface area contributed by atoms with Crippen molar-refractivity contribution in [2.24, 2.45) is 5.92 Å². The fourth-order valence-corrected chi connectivity index (χ4v) is 2.57. The van der Waals surface area contributed by atoms with Gasteiger partial charge in [-0.05, 0) is 42.5 Å². The highest BCUT2D eigenvalue weighted by atomic mass is 35.5. The van der Waals surface area contributed by atoms with E-state index in [4.69, 9.17) is 23.2 Å². The minimum atomic E-state index is 0.484. The maximum Gasteiger partial charge on any atom is 0.0423 e. The Morgan fingerprint density at radius 3 is 2.20 bits per heavy atom. The Hall–Kier alpha value is -0.460. The fraction of sp³-hybridized carbons (Fsp3) is 0.385. The molecule has 0 heterocycles. The fourth-order valence-electron chi connectivity index (χ4n) is 2.03. The third-order valence-electron chi connectivity index (χ3n) is 2.92. The third-order valence-corrected chi connectivity index (χ3v) is 3.35. The maximum absolute atomic E-state index is 5.99. The SMILES string of the molecule is CC1C=CC(c2cc(Cl)cc(Cl)c2)CC1. The molecule has 0 aromatic heterocycles. The number of benzene rings is 1. The summed E-state index contributed by atoms with van der Waals surface area (Å²) in [4.78, 5) is 0. The van der Waals surface area contributed by atoms with E-state index in [1.165, 1.54) is 18.4 Å². The van der Waals surface area contributed by atoms with E-state index in [0.717, 1.165) is 10.0 Å². The van der Waals surface area contributed by atoms with Gasteiger partial charge in [-0.3, -0.25) is 0 Å². The van der Waals surface area contributed by atoms with Crippen molar-refractivity contribution in [3.05, 3.63) is 46.0 Å². The van der Waals surface area contributed by atoms with Crippen molar-refractivity contribution in [3.8, 4) is 0 Å². The van der Waals surface area contributed by atoms with E-state index in [2.05, 4.69) is 19.1 Å². The molecule has 15 heavy (non-hydrogen) atoms. The van der Waals surface area contributed by atoms with Crippen LogP contribution in [0.5, 0.6) is 0 Å². The Labute approximate surface area is 101 Å². The summed E-state index contributed by atoms with van der Waals surface area (Å²) in [6.07, 6.45) is 6.98. The van der Waals surface area contributed by atoms with Gasteiger partial charge in [0.1, 0.15) is 0 Å². The number of hydrogen-bond donors (Lipinski definition) is 0. The van der Waals surface area contributed by atoms with Crippen LogP contribution >= 0.6 is 23.2 Å². The van der Waals surface area contributed by atoms with Gasteiger partial charge in [-0.1, -0.05) is 42.3 Å². The summed E-state index contributed by atoms with van der Waals surface area (Å²) in [7, 11) is 0. The molecular formula is C13H14Cl2. The number of hydrogen-bond acceptors (Lipinski definition) is 0. The third kappa shape index (κ3) is 2.76. The molecule has 2 unspecified atom stereocenters. The predicted octanol–water partition coefficient (Wildman–Crippen LogP) is 5.06. The lowest BCUT2D eigenvalue weighted by Crippen LogP contribution is -2.04. The Kier molecular flexibility index (Phi) is 3.38. The number of halogens is 2. The average molecular weight is 241 g/mol. The zero-order chi connectivity index (χ0) is 10.8. The topological polar surface area (TPSA) is 0 Å². The van der Waals surface area contributed by atoms with Gasteiger partial charge < -0.3 is 0 Å². The molecule has 2 atom stereocenters. The summed E-state index contributed by atoms with van der Waals surface area (Å²) in [5, 5.41) is 1.45. The van der Waals surface area contributed by atoms with Crippen molar-refractivity contribution in [1.29, 1.82) is 0 Å². The van der Waals surface area contributed by atoms with Gasteiger partial charge in [0.15, 0.2) is 0 Å². The van der Waals surface area contributed by atoms with E-state index < -0.39 is 0 Å². The van der Waals surface area contributed by atoms with Crippen LogP contribution in [0.2, 0.25) is 10.0 Å². The van der Waals surface area contributed by atoms with Gasteiger partial charge in [0.25, 0.3) is 0 Å². The molecule has 0 N–H and O–H groups in total. The molecule has 1 aromatic rings. The zero-order valence-electron chi connectivity index (χ0n) is 8.71. The van der Waals surface area contributed by atoms with Crippen LogP contribution in [-0.4, -0.2) is 0 Å². The Morgan fingerprint density at radius 1 is 1.00 bits per heavy atom. The molecule has 0 fully saturated rings. The molecule has 0 spiro atoms. The molecule has 0 saturated heterocycles. The molecule has 1 aliphatic rings. The van der Waals surface area contributed by atoms with E-state index in [9.17, 15) is 0 Å². The lowest BCUT2D eigenvalue weighted by molar-refractivity contribution is 0.545. The summed E-state index contributed by atoms with van der Waals surface area (Å²) in [5.41, 5.74) is 1.23. The molecule has 2 rings (SSSR count). The largest absolute Gasteiger partial charge is 0.0851 e. The lowest BCUT2D eigenvalue weighted by atomic mass is 9.85. The average Bonchev–Trinajstić information content (AvgIpc) is 2.17. The minimum absolute atomic E-state index is 0.484. The van der Waals surface area contributed by atoms with Gasteiger partial charge in [0.05, 0.1) is 0 Å². The predicted molar refractivity (Wildman–Crippen MR) is 66.7 cm³/mol. The van der Waals surface area contributed by atoms with Gasteiger partial charge in [-0.15, -0.1) is 0 Å². The second-order valence-corrected chi connectivity index (χ2v) is 5.12. The van der Waals surface area contributed by atoms with Crippen molar-refractivity contribution in [3.63, 3.8) is 0 Å². The Morgan fingerprint density at radius 2 is 1.67 bits per heavy atom. The van der Waals surface area contributed by atoms with E-state index in [1.807, 2.05) is 12.1 Å². The van der Waals surface area contributed by atoms with Crippen LogP contribution in [0.3, 0.4) is 0 Å². The van der Waals surface area contributed by atoms with E-state index in [1.54, 1.807) is 6.07 Å². The summed E-state index contributed by atoms with van der Waals surface area (Å²) in [6.45, 7) is 2.25. The first-order valence-corrected chi connectivity index (χ1v) is 6.05. The monoisotopic (exact) mass is 240 g/mol. The van der Waals surface area contributed by atoms with Crippen LogP contribution in [0.4, 0.5) is 0 Å². The lowest BCUT2D eigenvalue weighted by Gasteiger charge is -2.20. The van der Waals surface area contributed by atoms with Crippen molar-refractivity contribution in [1.82, 2.24) is 0 Å². The molecule has 2 heteroatoms. The zero-order valence-corrected chi connectivity index (χ0v) is 10.2. The van der Waals surface area contributed by atoms with Gasteiger partial charge in [-0.25, -0.2) is 0 Å². The van der Waals surface area contributed by atoms with Crippen LogP contribution in [0.25, 0.3) is 0 Å². The second-order valence-electron chi connectivity index (χ2n) is 4.25. The maximum atomic E-state index is 5.99. The quantitative estimate of drug-likeness (QED) is 0.602. The van der Waals surface area contributed by atoms with E-state index in [-0.39, 0.29) is 0 Å².